The SMILES string of the molecule is Cn1cncc1CNC(=O)c1ccc(C(=O)NN)s1. The van der Waals surface area contributed by atoms with Gasteiger partial charge in [0.15, 0.2) is 0 Å². The lowest BCUT2D eigenvalue weighted by Crippen LogP contribution is -2.29. The molecule has 0 aliphatic carbocycles. The maximum atomic E-state index is 11.9. The fourth-order valence-corrected chi connectivity index (χ4v) is 2.29. The lowest BCUT2D eigenvalue weighted by Gasteiger charge is -2.03. The molecule has 0 saturated heterocycles. The Bertz CT molecular complexity index is 604. The highest BCUT2D eigenvalue weighted by molar-refractivity contribution is 7.15. The topological polar surface area (TPSA) is 102 Å². The molecule has 19 heavy (non-hydrogen) atoms. The fourth-order valence-electron chi connectivity index (χ4n) is 1.47. The summed E-state index contributed by atoms with van der Waals surface area (Å²) in [4.78, 5) is 28.0. The Morgan fingerprint density at radius 2 is 2.05 bits per heavy atom. The van der Waals surface area contributed by atoms with Gasteiger partial charge in [-0.3, -0.25) is 15.0 Å². The van der Waals surface area contributed by atoms with Gasteiger partial charge in [0.1, 0.15) is 0 Å². The van der Waals surface area contributed by atoms with Crippen molar-refractivity contribution in [2.24, 2.45) is 12.9 Å². The molecule has 0 saturated carbocycles. The Labute approximate surface area is 113 Å². The Balaban J connectivity index is 1.98. The van der Waals surface area contributed by atoms with Crippen LogP contribution in [0.2, 0.25) is 0 Å². The van der Waals surface area contributed by atoms with Gasteiger partial charge < -0.3 is 9.88 Å². The van der Waals surface area contributed by atoms with Crippen molar-refractivity contribution < 1.29 is 9.59 Å². The number of hydrazine groups is 1. The van der Waals surface area contributed by atoms with E-state index in [0.29, 0.717) is 16.3 Å². The summed E-state index contributed by atoms with van der Waals surface area (Å²) in [5.41, 5.74) is 2.92. The highest BCUT2D eigenvalue weighted by Crippen LogP contribution is 2.16. The first-order valence-electron chi connectivity index (χ1n) is 5.46. The summed E-state index contributed by atoms with van der Waals surface area (Å²) in [6, 6.07) is 3.15. The minimum absolute atomic E-state index is 0.234. The number of imidazole rings is 1. The number of carbonyl (C=O) groups excluding carboxylic acids is 2. The number of aryl methyl sites for hydroxylation is 1. The van der Waals surface area contributed by atoms with Crippen LogP contribution in [0.1, 0.15) is 25.0 Å². The van der Waals surface area contributed by atoms with Gasteiger partial charge in [0.05, 0.1) is 28.3 Å². The molecule has 0 aliphatic rings. The van der Waals surface area contributed by atoms with Crippen LogP contribution in [-0.4, -0.2) is 21.4 Å². The third kappa shape index (κ3) is 2.98. The van der Waals surface area contributed by atoms with Crippen molar-refractivity contribution in [2.45, 2.75) is 6.54 Å². The van der Waals surface area contributed by atoms with Gasteiger partial charge in [0.2, 0.25) is 0 Å². The van der Waals surface area contributed by atoms with Crippen molar-refractivity contribution in [1.82, 2.24) is 20.3 Å². The van der Waals surface area contributed by atoms with Crippen molar-refractivity contribution in [2.75, 3.05) is 0 Å². The molecule has 2 aromatic heterocycles. The zero-order valence-corrected chi connectivity index (χ0v) is 11.0. The maximum absolute atomic E-state index is 11.9. The van der Waals surface area contributed by atoms with E-state index in [-0.39, 0.29) is 5.91 Å². The van der Waals surface area contributed by atoms with Crippen LogP contribution < -0.4 is 16.6 Å². The second-order valence-corrected chi connectivity index (χ2v) is 4.90. The predicted octanol–water partition coefficient (Wildman–Crippen LogP) is 0.0151. The smallest absolute Gasteiger partial charge is 0.275 e. The summed E-state index contributed by atoms with van der Waals surface area (Å²) in [7, 11) is 1.85. The van der Waals surface area contributed by atoms with Gasteiger partial charge in [-0.05, 0) is 12.1 Å². The van der Waals surface area contributed by atoms with Gasteiger partial charge >= 0.3 is 0 Å². The lowest BCUT2D eigenvalue weighted by atomic mass is 10.4. The second-order valence-electron chi connectivity index (χ2n) is 3.82. The van der Waals surface area contributed by atoms with Crippen LogP contribution in [0.4, 0.5) is 0 Å². The molecule has 0 fully saturated rings. The Morgan fingerprint density at radius 3 is 2.63 bits per heavy atom. The molecule has 7 nitrogen and oxygen atoms in total. The molecule has 8 heteroatoms. The normalized spacial score (nSPS) is 10.2. The second kappa shape index (κ2) is 5.63. The van der Waals surface area contributed by atoms with Gasteiger partial charge in [-0.15, -0.1) is 11.3 Å². The summed E-state index contributed by atoms with van der Waals surface area (Å²) in [6.45, 7) is 0.381. The van der Waals surface area contributed by atoms with Crippen LogP contribution in [-0.2, 0) is 13.6 Å². The molecule has 4 N–H and O–H groups in total. The maximum Gasteiger partial charge on any atom is 0.275 e. The number of nitrogens with one attached hydrogen (secondary N) is 2. The molecule has 2 amide bonds. The van der Waals surface area contributed by atoms with Gasteiger partial charge in [0, 0.05) is 13.2 Å². The van der Waals surface area contributed by atoms with Crippen molar-refractivity contribution in [3.05, 3.63) is 40.1 Å². The summed E-state index contributed by atoms with van der Waals surface area (Å²) >= 11 is 1.09. The van der Waals surface area contributed by atoms with E-state index in [0.717, 1.165) is 17.0 Å². The van der Waals surface area contributed by atoms with E-state index in [2.05, 4.69) is 10.3 Å². The van der Waals surface area contributed by atoms with Gasteiger partial charge in [-0.1, -0.05) is 0 Å². The Morgan fingerprint density at radius 1 is 1.37 bits per heavy atom. The molecule has 2 heterocycles. The van der Waals surface area contributed by atoms with Crippen LogP contribution >= 0.6 is 11.3 Å². The predicted molar refractivity (Wildman–Crippen MR) is 70.4 cm³/mol. The molecule has 0 spiro atoms. The van der Waals surface area contributed by atoms with Crippen molar-refractivity contribution >= 4 is 23.2 Å². The number of thiophene rings is 1. The number of nitrogens with zero attached hydrogens (tertiary/aromatic N) is 2. The number of nitrogens with two attached hydrogens (primary N) is 1. The third-order valence-corrected chi connectivity index (χ3v) is 3.61. The highest BCUT2D eigenvalue weighted by atomic mass is 32.1. The summed E-state index contributed by atoms with van der Waals surface area (Å²) < 4.78 is 1.82. The van der Waals surface area contributed by atoms with Crippen molar-refractivity contribution in [1.29, 1.82) is 0 Å². The Kier molecular flexibility index (Phi) is 3.93. The molecule has 2 aromatic rings. The monoisotopic (exact) mass is 279 g/mol. The zero-order chi connectivity index (χ0) is 13.8. The van der Waals surface area contributed by atoms with E-state index < -0.39 is 5.91 Å². The first kappa shape index (κ1) is 13.2. The highest BCUT2D eigenvalue weighted by Gasteiger charge is 2.13. The van der Waals surface area contributed by atoms with E-state index >= 15 is 0 Å². The van der Waals surface area contributed by atoms with Crippen LogP contribution in [0.5, 0.6) is 0 Å². The molecule has 0 bridgehead atoms. The van der Waals surface area contributed by atoms with Crippen LogP contribution in [0, 0.1) is 0 Å². The molecule has 0 aromatic carbocycles. The first-order chi connectivity index (χ1) is 9.11. The minimum Gasteiger partial charge on any atom is -0.346 e. The van der Waals surface area contributed by atoms with Gasteiger partial charge in [-0.25, -0.2) is 10.8 Å². The number of nitrogen functional groups attached to an aromatic ring is 1. The van der Waals surface area contributed by atoms with Crippen LogP contribution in [0.15, 0.2) is 24.7 Å². The fraction of sp³-hybridized carbons (Fsp3) is 0.182. The van der Waals surface area contributed by atoms with E-state index in [1.165, 1.54) is 0 Å². The number of hydrogen-bond donors (Lipinski definition) is 3. The summed E-state index contributed by atoms with van der Waals surface area (Å²) in [6.07, 6.45) is 3.35. The van der Waals surface area contributed by atoms with E-state index in [9.17, 15) is 9.59 Å². The van der Waals surface area contributed by atoms with Crippen molar-refractivity contribution in [3.8, 4) is 0 Å². The van der Waals surface area contributed by atoms with Crippen LogP contribution in [0.3, 0.4) is 0 Å². The van der Waals surface area contributed by atoms with Gasteiger partial charge in [-0.2, -0.15) is 0 Å². The quantitative estimate of drug-likeness (QED) is 0.417. The minimum atomic E-state index is -0.407. The summed E-state index contributed by atoms with van der Waals surface area (Å²) in [5.74, 6) is 4.39. The average molecular weight is 279 g/mol. The molecule has 0 radical (unpaired) electrons. The molecular formula is C11H13N5O2S. The largest absolute Gasteiger partial charge is 0.346 e. The third-order valence-electron chi connectivity index (χ3n) is 2.53. The molecule has 100 valence electrons. The first-order valence-corrected chi connectivity index (χ1v) is 6.27. The van der Waals surface area contributed by atoms with E-state index in [4.69, 9.17) is 5.84 Å². The molecular weight excluding hydrogens is 266 g/mol. The number of carbonyl (C=O) groups is 2. The molecule has 0 aliphatic heterocycles. The number of amides is 2. The average Bonchev–Trinajstić information content (AvgIpc) is 3.04. The van der Waals surface area contributed by atoms with Crippen molar-refractivity contribution in [3.63, 3.8) is 0 Å². The number of hydrogen-bond acceptors (Lipinski definition) is 5. The van der Waals surface area contributed by atoms with Crippen LogP contribution in [0.25, 0.3) is 0 Å². The molecule has 2 rings (SSSR count). The molecule has 0 atom stereocenters. The van der Waals surface area contributed by atoms with E-state index in [1.54, 1.807) is 24.7 Å². The standard InChI is InChI=1S/C11H13N5O2S/c1-16-6-13-4-7(16)5-14-10(17)8-2-3-9(19-8)11(18)15-12/h2-4,6H,5,12H2,1H3,(H,14,17)(H,15,18). The Hall–Kier alpha value is -2.19. The number of aromatic nitrogens is 2. The molecule has 0 unspecified atom stereocenters. The van der Waals surface area contributed by atoms with E-state index in [1.807, 2.05) is 17.0 Å². The summed E-state index contributed by atoms with van der Waals surface area (Å²) in [5, 5.41) is 2.76. The number of rotatable bonds is 4. The van der Waals surface area contributed by atoms with Gasteiger partial charge in [0.25, 0.3) is 11.8 Å². The lowest BCUT2D eigenvalue weighted by molar-refractivity contribution is 0.0949. The zero-order valence-electron chi connectivity index (χ0n) is 10.2.